The topological polar surface area (TPSA) is 38.3 Å². The van der Waals surface area contributed by atoms with Gasteiger partial charge in [0.15, 0.2) is 0 Å². The van der Waals surface area contributed by atoms with Crippen LogP contribution in [0.5, 0.6) is 5.75 Å². The van der Waals surface area contributed by atoms with Gasteiger partial charge in [0, 0.05) is 16.3 Å². The minimum Gasteiger partial charge on any atom is -0.493 e. The van der Waals surface area contributed by atoms with E-state index in [4.69, 9.17) is 4.74 Å². The average Bonchev–Trinajstić information content (AvgIpc) is 2.51. The summed E-state index contributed by atoms with van der Waals surface area (Å²) in [5.74, 6) is 2.98. The number of carbonyl (C=O) groups excluding carboxylic acids is 1. The van der Waals surface area contributed by atoms with Gasteiger partial charge in [-0.2, -0.15) is 0 Å². The molecule has 0 aromatic heterocycles. The highest BCUT2D eigenvalue weighted by Crippen LogP contribution is 2.23. The summed E-state index contributed by atoms with van der Waals surface area (Å²) < 4.78 is 6.68. The molecular weight excluding hydrogens is 362 g/mol. The first-order valence-corrected chi connectivity index (χ1v) is 9.85. The summed E-state index contributed by atoms with van der Waals surface area (Å²) in [6.07, 6.45) is 4.91. The zero-order valence-electron chi connectivity index (χ0n) is 13.0. The number of benzene rings is 1. The summed E-state index contributed by atoms with van der Waals surface area (Å²) in [7, 11) is 0. The highest BCUT2D eigenvalue weighted by Gasteiger charge is 2.22. The Morgan fingerprint density at radius 2 is 2.05 bits per heavy atom. The standard InChI is InChI=1S/C17H24BrNO2S/c1-13-4-2-3-5-16(13)19-17(20)12-22-11-10-21-15-8-6-14(18)7-9-15/h6-9,13,16H,2-5,10-12H2,1H3,(H,19,20)/t13-,16-/m1/s1. The van der Waals surface area contributed by atoms with Gasteiger partial charge in [-0.3, -0.25) is 4.79 Å². The van der Waals surface area contributed by atoms with Crippen molar-refractivity contribution in [2.24, 2.45) is 5.92 Å². The predicted octanol–water partition coefficient (Wildman–Crippen LogP) is 4.26. The molecule has 1 aliphatic carbocycles. The van der Waals surface area contributed by atoms with Crippen LogP contribution >= 0.6 is 27.7 Å². The maximum Gasteiger partial charge on any atom is 0.230 e. The molecule has 122 valence electrons. The van der Waals surface area contributed by atoms with Crippen molar-refractivity contribution in [3.63, 3.8) is 0 Å². The van der Waals surface area contributed by atoms with E-state index in [-0.39, 0.29) is 5.91 Å². The molecule has 1 N–H and O–H groups in total. The Labute approximate surface area is 145 Å². The summed E-state index contributed by atoms with van der Waals surface area (Å²) in [6.45, 7) is 2.86. The Bertz CT molecular complexity index is 466. The molecule has 0 unspecified atom stereocenters. The van der Waals surface area contributed by atoms with Crippen LogP contribution in [0.4, 0.5) is 0 Å². The van der Waals surface area contributed by atoms with Gasteiger partial charge in [0.25, 0.3) is 0 Å². The molecule has 1 fully saturated rings. The van der Waals surface area contributed by atoms with E-state index in [1.54, 1.807) is 11.8 Å². The third-order valence-corrected chi connectivity index (χ3v) is 5.45. The van der Waals surface area contributed by atoms with Gasteiger partial charge in [-0.25, -0.2) is 0 Å². The molecule has 1 aromatic rings. The summed E-state index contributed by atoms with van der Waals surface area (Å²) in [6, 6.07) is 8.17. The van der Waals surface area contributed by atoms with Crippen LogP contribution < -0.4 is 10.1 Å². The highest BCUT2D eigenvalue weighted by atomic mass is 79.9. The summed E-state index contributed by atoms with van der Waals surface area (Å²) in [5, 5.41) is 3.18. The molecule has 1 saturated carbocycles. The molecule has 1 aliphatic rings. The summed E-state index contributed by atoms with van der Waals surface area (Å²) in [4.78, 5) is 11.9. The largest absolute Gasteiger partial charge is 0.493 e. The van der Waals surface area contributed by atoms with Crippen LogP contribution in [0.1, 0.15) is 32.6 Å². The SMILES string of the molecule is C[C@@H]1CCCC[C@H]1NC(=O)CSCCOc1ccc(Br)cc1. The third kappa shape index (κ3) is 6.21. The Morgan fingerprint density at radius 1 is 1.32 bits per heavy atom. The number of thioether (sulfide) groups is 1. The van der Waals surface area contributed by atoms with Crippen molar-refractivity contribution in [2.75, 3.05) is 18.1 Å². The van der Waals surface area contributed by atoms with Crippen molar-refractivity contribution >= 4 is 33.6 Å². The predicted molar refractivity (Wildman–Crippen MR) is 96.5 cm³/mol. The zero-order chi connectivity index (χ0) is 15.8. The molecule has 5 heteroatoms. The van der Waals surface area contributed by atoms with Crippen LogP contribution in [0.3, 0.4) is 0 Å². The number of ether oxygens (including phenoxy) is 1. The third-order valence-electron chi connectivity index (χ3n) is 4.00. The van der Waals surface area contributed by atoms with Gasteiger partial charge in [0.1, 0.15) is 5.75 Å². The Morgan fingerprint density at radius 3 is 2.77 bits per heavy atom. The lowest BCUT2D eigenvalue weighted by molar-refractivity contribution is -0.119. The lowest BCUT2D eigenvalue weighted by atomic mass is 9.86. The molecule has 2 atom stereocenters. The van der Waals surface area contributed by atoms with Gasteiger partial charge in [-0.15, -0.1) is 11.8 Å². The van der Waals surface area contributed by atoms with Gasteiger partial charge in [-0.1, -0.05) is 35.7 Å². The quantitative estimate of drug-likeness (QED) is 0.712. The Kier molecular flexibility index (Phi) is 7.60. The number of hydrogen-bond donors (Lipinski definition) is 1. The number of hydrogen-bond acceptors (Lipinski definition) is 3. The van der Waals surface area contributed by atoms with Crippen LogP contribution in [-0.4, -0.2) is 30.1 Å². The first-order chi connectivity index (χ1) is 10.6. The van der Waals surface area contributed by atoms with Crippen LogP contribution in [0.25, 0.3) is 0 Å². The van der Waals surface area contributed by atoms with E-state index in [1.807, 2.05) is 24.3 Å². The average molecular weight is 386 g/mol. The molecule has 1 amide bonds. The second-order valence-corrected chi connectivity index (χ2v) is 7.81. The Balaban J connectivity index is 1.56. The molecule has 0 radical (unpaired) electrons. The molecule has 0 spiro atoms. The number of halogens is 1. The minimum absolute atomic E-state index is 0.160. The molecule has 0 heterocycles. The van der Waals surface area contributed by atoms with Gasteiger partial charge in [0.05, 0.1) is 12.4 Å². The van der Waals surface area contributed by atoms with E-state index in [0.29, 0.717) is 24.3 Å². The number of rotatable bonds is 7. The van der Waals surface area contributed by atoms with Crippen molar-refractivity contribution in [1.82, 2.24) is 5.32 Å². The zero-order valence-corrected chi connectivity index (χ0v) is 15.4. The van der Waals surface area contributed by atoms with Gasteiger partial charge >= 0.3 is 0 Å². The second-order valence-electron chi connectivity index (χ2n) is 5.79. The fourth-order valence-electron chi connectivity index (χ4n) is 2.69. The first kappa shape index (κ1) is 17.7. The molecule has 0 saturated heterocycles. The second kappa shape index (κ2) is 9.46. The van der Waals surface area contributed by atoms with E-state index in [1.165, 1.54) is 19.3 Å². The molecule has 3 nitrogen and oxygen atoms in total. The van der Waals surface area contributed by atoms with E-state index in [0.717, 1.165) is 22.4 Å². The van der Waals surface area contributed by atoms with Crippen molar-refractivity contribution in [3.05, 3.63) is 28.7 Å². The van der Waals surface area contributed by atoms with Gasteiger partial charge in [-0.05, 0) is 43.0 Å². The number of nitrogens with one attached hydrogen (secondary N) is 1. The maximum absolute atomic E-state index is 11.9. The minimum atomic E-state index is 0.160. The fourth-order valence-corrected chi connectivity index (χ4v) is 3.57. The van der Waals surface area contributed by atoms with Crippen LogP contribution in [0, 0.1) is 5.92 Å². The van der Waals surface area contributed by atoms with Gasteiger partial charge in [0.2, 0.25) is 5.91 Å². The molecule has 22 heavy (non-hydrogen) atoms. The van der Waals surface area contributed by atoms with Gasteiger partial charge < -0.3 is 10.1 Å². The smallest absolute Gasteiger partial charge is 0.230 e. The molecule has 1 aromatic carbocycles. The summed E-state index contributed by atoms with van der Waals surface area (Å²) in [5.41, 5.74) is 0. The highest BCUT2D eigenvalue weighted by molar-refractivity contribution is 9.10. The van der Waals surface area contributed by atoms with E-state index < -0.39 is 0 Å². The normalized spacial score (nSPS) is 21.4. The van der Waals surface area contributed by atoms with Crippen molar-refractivity contribution in [2.45, 2.75) is 38.6 Å². The fraction of sp³-hybridized carbons (Fsp3) is 0.588. The van der Waals surface area contributed by atoms with E-state index >= 15 is 0 Å². The van der Waals surface area contributed by atoms with Crippen molar-refractivity contribution < 1.29 is 9.53 Å². The number of amides is 1. The first-order valence-electron chi connectivity index (χ1n) is 7.90. The monoisotopic (exact) mass is 385 g/mol. The lowest BCUT2D eigenvalue weighted by Gasteiger charge is -2.29. The Hall–Kier alpha value is -0.680. The van der Waals surface area contributed by atoms with Crippen molar-refractivity contribution in [3.8, 4) is 5.75 Å². The van der Waals surface area contributed by atoms with E-state index in [2.05, 4.69) is 28.2 Å². The van der Waals surface area contributed by atoms with E-state index in [9.17, 15) is 4.79 Å². The van der Waals surface area contributed by atoms with Crippen LogP contribution in [-0.2, 0) is 4.79 Å². The summed E-state index contributed by atoms with van der Waals surface area (Å²) >= 11 is 5.02. The van der Waals surface area contributed by atoms with Crippen LogP contribution in [0.2, 0.25) is 0 Å². The molecule has 0 aliphatic heterocycles. The molecular formula is C17H24BrNO2S. The maximum atomic E-state index is 11.9. The molecule has 2 rings (SSSR count). The van der Waals surface area contributed by atoms with Crippen LogP contribution in [0.15, 0.2) is 28.7 Å². The van der Waals surface area contributed by atoms with Crippen molar-refractivity contribution in [1.29, 1.82) is 0 Å². The lowest BCUT2D eigenvalue weighted by Crippen LogP contribution is -2.41. The molecule has 0 bridgehead atoms. The number of carbonyl (C=O) groups is 1.